The van der Waals surface area contributed by atoms with Crippen molar-refractivity contribution in [2.45, 2.75) is 30.8 Å². The monoisotopic (exact) mass is 467 g/mol. The van der Waals surface area contributed by atoms with Crippen LogP contribution in [0, 0.1) is 12.7 Å². The average molecular weight is 468 g/mol. The Balaban J connectivity index is 1.50. The van der Waals surface area contributed by atoms with Crippen molar-refractivity contribution in [3.05, 3.63) is 51.0 Å². The maximum Gasteiger partial charge on any atom is 0.266 e. The molecule has 0 bridgehead atoms. The predicted octanol–water partition coefficient (Wildman–Crippen LogP) is 3.56. The van der Waals surface area contributed by atoms with E-state index in [0.717, 1.165) is 31.7 Å². The van der Waals surface area contributed by atoms with Crippen LogP contribution in [0.25, 0.3) is 0 Å². The molecule has 4 rings (SSSR count). The number of hydrogen-bond donors (Lipinski definition) is 1. The summed E-state index contributed by atoms with van der Waals surface area (Å²) < 4.78 is 42.4. The van der Waals surface area contributed by atoms with Crippen LogP contribution in [0.5, 0.6) is 0 Å². The van der Waals surface area contributed by atoms with Gasteiger partial charge in [0, 0.05) is 49.2 Å². The second kappa shape index (κ2) is 8.58. The number of halogens is 1. The maximum atomic E-state index is 14.8. The summed E-state index contributed by atoms with van der Waals surface area (Å²) in [5, 5.41) is 3.61. The van der Waals surface area contributed by atoms with Gasteiger partial charge < -0.3 is 4.90 Å². The number of hydrogen-bond acceptors (Lipinski definition) is 8. The van der Waals surface area contributed by atoms with E-state index >= 15 is 0 Å². The number of nitrogens with zero attached hydrogens (tertiary/aromatic N) is 4. The smallest absolute Gasteiger partial charge is 0.266 e. The normalized spacial score (nSPS) is 17.4. The molecule has 1 atom stereocenters. The lowest BCUT2D eigenvalue weighted by atomic mass is 10.1. The Morgan fingerprint density at radius 1 is 1.27 bits per heavy atom. The lowest BCUT2D eigenvalue weighted by Crippen LogP contribution is -2.35. The zero-order chi connectivity index (χ0) is 21.3. The maximum absolute atomic E-state index is 14.8. The Hall–Kier alpha value is -2.08. The first kappa shape index (κ1) is 21.2. The second-order valence-corrected chi connectivity index (χ2v) is 10.4. The predicted molar refractivity (Wildman–Crippen MR) is 118 cm³/mol. The fourth-order valence-electron chi connectivity index (χ4n) is 3.70. The molecule has 3 aromatic rings. The molecule has 1 aliphatic heterocycles. The molecular weight excluding hydrogens is 445 g/mol. The summed E-state index contributed by atoms with van der Waals surface area (Å²) in [5.41, 5.74) is 5.81. The molecule has 160 valence electrons. The minimum Gasteiger partial charge on any atom is -0.370 e. The number of sulfonamides is 1. The van der Waals surface area contributed by atoms with Gasteiger partial charge >= 0.3 is 0 Å². The highest BCUT2D eigenvalue weighted by Crippen LogP contribution is 2.30. The number of aromatic nitrogens is 2. The summed E-state index contributed by atoms with van der Waals surface area (Å²) in [6, 6.07) is 2.92. The van der Waals surface area contributed by atoms with Gasteiger partial charge in [-0.2, -0.15) is 0 Å². The van der Waals surface area contributed by atoms with Gasteiger partial charge in [0.15, 0.2) is 5.82 Å². The highest BCUT2D eigenvalue weighted by Gasteiger charge is 2.29. The number of benzene rings is 1. The van der Waals surface area contributed by atoms with E-state index in [1.165, 1.54) is 29.0 Å². The van der Waals surface area contributed by atoms with Crippen molar-refractivity contribution < 1.29 is 12.8 Å². The molecule has 3 heterocycles. The van der Waals surface area contributed by atoms with Crippen LogP contribution in [-0.4, -0.2) is 49.5 Å². The van der Waals surface area contributed by atoms with Crippen LogP contribution < -0.4 is 9.62 Å². The van der Waals surface area contributed by atoms with Crippen LogP contribution in [-0.2, 0) is 16.6 Å². The number of nitrogens with one attached hydrogen (secondary N) is 1. The van der Waals surface area contributed by atoms with Gasteiger partial charge in [0.05, 0.1) is 16.7 Å². The highest BCUT2D eigenvalue weighted by molar-refractivity contribution is 7.92. The molecule has 1 aliphatic rings. The molecule has 1 fully saturated rings. The van der Waals surface area contributed by atoms with Crippen molar-refractivity contribution in [3.63, 3.8) is 0 Å². The molecular formula is C19H22FN5O2S3. The van der Waals surface area contributed by atoms with Gasteiger partial charge in [-0.15, -0.1) is 22.7 Å². The van der Waals surface area contributed by atoms with E-state index in [4.69, 9.17) is 0 Å². The molecule has 1 saturated heterocycles. The molecule has 1 aromatic carbocycles. The van der Waals surface area contributed by atoms with E-state index in [1.807, 2.05) is 17.5 Å². The summed E-state index contributed by atoms with van der Waals surface area (Å²) >= 11 is 2.85. The minimum absolute atomic E-state index is 0.185. The van der Waals surface area contributed by atoms with Crippen molar-refractivity contribution in [3.8, 4) is 0 Å². The van der Waals surface area contributed by atoms with Crippen LogP contribution in [0.1, 0.15) is 17.7 Å². The van der Waals surface area contributed by atoms with Gasteiger partial charge in [-0.05, 0) is 31.0 Å². The van der Waals surface area contributed by atoms with Gasteiger partial charge in [-0.25, -0.2) is 22.8 Å². The van der Waals surface area contributed by atoms with Crippen molar-refractivity contribution >= 4 is 44.2 Å². The number of thiazole rings is 2. The van der Waals surface area contributed by atoms with Crippen molar-refractivity contribution in [2.24, 2.45) is 0 Å². The highest BCUT2D eigenvalue weighted by atomic mass is 32.2. The van der Waals surface area contributed by atoms with Crippen LogP contribution >= 0.6 is 22.7 Å². The van der Waals surface area contributed by atoms with Gasteiger partial charge in [0.1, 0.15) is 10.7 Å². The van der Waals surface area contributed by atoms with E-state index in [0.29, 0.717) is 11.3 Å². The third-order valence-electron chi connectivity index (χ3n) is 5.26. The molecule has 0 saturated carbocycles. The van der Waals surface area contributed by atoms with Gasteiger partial charge in [-0.1, -0.05) is 0 Å². The number of likely N-dealkylation sites (N-methyl/N-ethyl adjacent to an activating group) is 1. The van der Waals surface area contributed by atoms with E-state index in [1.54, 1.807) is 23.6 Å². The second-order valence-electron chi connectivity index (χ2n) is 7.32. The quantitative estimate of drug-likeness (QED) is 0.573. The molecule has 0 aliphatic carbocycles. The number of anilines is 2. The van der Waals surface area contributed by atoms with Crippen molar-refractivity contribution in [2.75, 3.05) is 29.8 Å². The summed E-state index contributed by atoms with van der Waals surface area (Å²) in [5.74, 6) is -0.591. The van der Waals surface area contributed by atoms with E-state index in [-0.39, 0.29) is 16.8 Å². The van der Waals surface area contributed by atoms with Gasteiger partial charge in [-0.3, -0.25) is 9.62 Å². The molecule has 1 N–H and O–H groups in total. The Bertz CT molecular complexity index is 1100. The topological polar surface area (TPSA) is 78.4 Å². The number of likely N-dealkylation sites (tertiary alicyclic amines) is 1. The Morgan fingerprint density at radius 2 is 2.03 bits per heavy atom. The molecule has 1 unspecified atom stereocenters. The summed E-state index contributed by atoms with van der Waals surface area (Å²) in [7, 11) is -2.12. The van der Waals surface area contributed by atoms with Crippen LogP contribution in [0.3, 0.4) is 0 Å². The number of rotatable bonds is 7. The van der Waals surface area contributed by atoms with Gasteiger partial charge in [0.25, 0.3) is 10.0 Å². The lowest BCUT2D eigenvalue weighted by Gasteiger charge is -2.29. The first-order chi connectivity index (χ1) is 14.3. The molecule has 30 heavy (non-hydrogen) atoms. The minimum atomic E-state index is -4.05. The fourth-order valence-corrected chi connectivity index (χ4v) is 5.95. The molecule has 11 heteroatoms. The van der Waals surface area contributed by atoms with E-state index < -0.39 is 15.8 Å². The lowest BCUT2D eigenvalue weighted by molar-refractivity contribution is 0.322. The molecule has 7 nitrogen and oxygen atoms in total. The molecule has 2 aromatic heterocycles. The third-order valence-corrected chi connectivity index (χ3v) is 7.85. The first-order valence-electron chi connectivity index (χ1n) is 9.37. The largest absolute Gasteiger partial charge is 0.370 e. The van der Waals surface area contributed by atoms with E-state index in [9.17, 15) is 12.8 Å². The summed E-state index contributed by atoms with van der Waals surface area (Å²) in [6.45, 7) is 4.40. The fraction of sp³-hybridized carbons (Fsp3) is 0.368. The SMILES string of the molecule is Cc1cc(S(=O)(=O)Nc2cscn2)c(F)cc1N(C)C1CCN(Cc2cscn2)C1. The first-order valence-corrected chi connectivity index (χ1v) is 12.7. The molecule has 0 spiro atoms. The Labute approximate surface area is 183 Å². The molecule has 0 amide bonds. The van der Waals surface area contributed by atoms with Crippen molar-refractivity contribution in [1.29, 1.82) is 0 Å². The number of aryl methyl sites for hydroxylation is 1. The van der Waals surface area contributed by atoms with Crippen LogP contribution in [0.15, 0.2) is 38.8 Å². The average Bonchev–Trinajstić information content (AvgIpc) is 3.46. The Kier molecular flexibility index (Phi) is 6.05. The standard InChI is InChI=1S/C19H22FN5O2S3/c1-13-5-18(30(26,27)23-19-10-29-12-22-19)16(20)6-17(13)24(2)15-3-4-25(8-15)7-14-9-28-11-21-14/h5-6,9-12,15,23H,3-4,7-8H2,1-2H3. The van der Waals surface area contributed by atoms with Gasteiger partial charge in [0.2, 0.25) is 0 Å². The third kappa shape index (κ3) is 4.48. The summed E-state index contributed by atoms with van der Waals surface area (Å²) in [4.78, 5) is 12.2. The van der Waals surface area contributed by atoms with Crippen molar-refractivity contribution in [1.82, 2.24) is 14.9 Å². The Morgan fingerprint density at radius 3 is 2.73 bits per heavy atom. The zero-order valence-corrected chi connectivity index (χ0v) is 19.0. The van der Waals surface area contributed by atoms with Crippen LogP contribution in [0.2, 0.25) is 0 Å². The van der Waals surface area contributed by atoms with E-state index in [2.05, 4.69) is 25.0 Å². The zero-order valence-electron chi connectivity index (χ0n) is 16.6. The van der Waals surface area contributed by atoms with Crippen LogP contribution in [0.4, 0.5) is 15.9 Å². The summed E-state index contributed by atoms with van der Waals surface area (Å²) in [6.07, 6.45) is 0.952. The molecule has 0 radical (unpaired) electrons.